The maximum absolute atomic E-state index is 12.8. The summed E-state index contributed by atoms with van der Waals surface area (Å²) in [6.07, 6.45) is 3.23. The van der Waals surface area contributed by atoms with Gasteiger partial charge < -0.3 is 5.32 Å². The third-order valence-corrected chi connectivity index (χ3v) is 5.24. The van der Waals surface area contributed by atoms with Crippen molar-refractivity contribution >= 4 is 17.2 Å². The fourth-order valence-corrected chi connectivity index (χ4v) is 3.72. The van der Waals surface area contributed by atoms with E-state index in [1.54, 1.807) is 0 Å². The number of carbonyl (C=O) groups is 1. The summed E-state index contributed by atoms with van der Waals surface area (Å²) in [7, 11) is 0. The molecule has 0 saturated carbocycles. The van der Waals surface area contributed by atoms with Crippen LogP contribution in [0.3, 0.4) is 0 Å². The second-order valence-corrected chi connectivity index (χ2v) is 7.28. The van der Waals surface area contributed by atoms with E-state index >= 15 is 0 Å². The van der Waals surface area contributed by atoms with Crippen LogP contribution in [0, 0.1) is 20.8 Å². The normalized spacial score (nSPS) is 16.1. The van der Waals surface area contributed by atoms with E-state index in [4.69, 9.17) is 0 Å². The van der Waals surface area contributed by atoms with Gasteiger partial charge in [-0.2, -0.15) is 0 Å². The minimum atomic E-state index is -0.149. The highest BCUT2D eigenvalue weighted by Crippen LogP contribution is 2.25. The standard InChI is InChI=1S/C23H28N2O/c1-16-14-17(2)22(18(3)15-16)24-23(26)19(4)25-12-10-21(11-13-25)20-8-6-5-7-9-20/h5-10,14-15,19H,11-13H2,1-4H3,(H,24,26)/t19-/m0/s1. The molecule has 2 aromatic rings. The van der Waals surface area contributed by atoms with Crippen molar-refractivity contribution in [3.63, 3.8) is 0 Å². The number of hydrogen-bond acceptors (Lipinski definition) is 2. The summed E-state index contributed by atoms with van der Waals surface area (Å²) in [5.41, 5.74) is 7.07. The molecule has 1 aliphatic rings. The molecule has 0 spiro atoms. The van der Waals surface area contributed by atoms with Crippen LogP contribution in [0.15, 0.2) is 48.5 Å². The summed E-state index contributed by atoms with van der Waals surface area (Å²) in [5, 5.41) is 3.14. The molecule has 0 unspecified atom stereocenters. The summed E-state index contributed by atoms with van der Waals surface area (Å²) in [4.78, 5) is 15.0. The summed E-state index contributed by atoms with van der Waals surface area (Å²) < 4.78 is 0. The zero-order valence-electron chi connectivity index (χ0n) is 16.2. The lowest BCUT2D eigenvalue weighted by Crippen LogP contribution is -2.44. The number of nitrogens with one attached hydrogen (secondary N) is 1. The minimum Gasteiger partial charge on any atom is -0.324 e. The molecule has 3 nitrogen and oxygen atoms in total. The average molecular weight is 348 g/mol. The molecule has 26 heavy (non-hydrogen) atoms. The van der Waals surface area contributed by atoms with Crippen molar-refractivity contribution in [1.82, 2.24) is 4.90 Å². The predicted molar refractivity (Wildman–Crippen MR) is 109 cm³/mol. The minimum absolute atomic E-state index is 0.0663. The average Bonchev–Trinajstić information content (AvgIpc) is 2.64. The van der Waals surface area contributed by atoms with E-state index in [9.17, 15) is 4.79 Å². The van der Waals surface area contributed by atoms with Crippen molar-refractivity contribution < 1.29 is 4.79 Å². The van der Waals surface area contributed by atoms with Gasteiger partial charge in [-0.1, -0.05) is 54.1 Å². The molecule has 3 heteroatoms. The zero-order chi connectivity index (χ0) is 18.7. The fourth-order valence-electron chi connectivity index (χ4n) is 3.72. The number of benzene rings is 2. The molecule has 1 aliphatic heterocycles. The Bertz CT molecular complexity index is 800. The Hall–Kier alpha value is -2.39. The Morgan fingerprint density at radius 1 is 1.08 bits per heavy atom. The van der Waals surface area contributed by atoms with Gasteiger partial charge >= 0.3 is 0 Å². The van der Waals surface area contributed by atoms with Crippen molar-refractivity contribution in [2.24, 2.45) is 0 Å². The van der Waals surface area contributed by atoms with E-state index in [1.807, 2.05) is 13.0 Å². The zero-order valence-corrected chi connectivity index (χ0v) is 16.2. The monoisotopic (exact) mass is 348 g/mol. The van der Waals surface area contributed by atoms with Crippen LogP contribution in [0.25, 0.3) is 5.57 Å². The molecule has 1 atom stereocenters. The highest BCUT2D eigenvalue weighted by atomic mass is 16.2. The first-order chi connectivity index (χ1) is 12.5. The third kappa shape index (κ3) is 4.05. The second-order valence-electron chi connectivity index (χ2n) is 7.28. The Balaban J connectivity index is 1.66. The van der Waals surface area contributed by atoms with Crippen LogP contribution in [0.5, 0.6) is 0 Å². The number of anilines is 1. The van der Waals surface area contributed by atoms with Crippen LogP contribution >= 0.6 is 0 Å². The highest BCUT2D eigenvalue weighted by molar-refractivity contribution is 5.96. The molecule has 1 amide bonds. The van der Waals surface area contributed by atoms with E-state index < -0.39 is 0 Å². The lowest BCUT2D eigenvalue weighted by atomic mass is 9.98. The summed E-state index contributed by atoms with van der Waals surface area (Å²) in [5.74, 6) is 0.0663. The highest BCUT2D eigenvalue weighted by Gasteiger charge is 2.24. The Morgan fingerprint density at radius 3 is 2.31 bits per heavy atom. The molecule has 0 bridgehead atoms. The Labute approximate surface area is 156 Å². The van der Waals surface area contributed by atoms with Crippen LogP contribution in [-0.2, 0) is 4.79 Å². The summed E-state index contributed by atoms with van der Waals surface area (Å²) in [6.45, 7) is 9.89. The van der Waals surface area contributed by atoms with Crippen molar-refractivity contribution in [2.45, 2.75) is 40.2 Å². The Kier molecular flexibility index (Phi) is 5.58. The molecule has 2 aromatic carbocycles. The first kappa shape index (κ1) is 18.4. The lowest BCUT2D eigenvalue weighted by Gasteiger charge is -2.31. The van der Waals surface area contributed by atoms with Crippen LogP contribution in [0.4, 0.5) is 5.69 Å². The van der Waals surface area contributed by atoms with E-state index in [0.29, 0.717) is 0 Å². The molecule has 136 valence electrons. The van der Waals surface area contributed by atoms with Gasteiger partial charge in [-0.3, -0.25) is 9.69 Å². The molecular formula is C23H28N2O. The first-order valence-electron chi connectivity index (χ1n) is 9.33. The molecule has 0 saturated heterocycles. The summed E-state index contributed by atoms with van der Waals surface area (Å²) >= 11 is 0. The lowest BCUT2D eigenvalue weighted by molar-refractivity contribution is -0.120. The van der Waals surface area contributed by atoms with Crippen LogP contribution in [0.2, 0.25) is 0 Å². The SMILES string of the molecule is Cc1cc(C)c(NC(=O)[C@H](C)N2CC=C(c3ccccc3)CC2)c(C)c1. The number of hydrogen-bond donors (Lipinski definition) is 1. The van der Waals surface area contributed by atoms with Gasteiger partial charge in [-0.25, -0.2) is 0 Å². The van der Waals surface area contributed by atoms with E-state index in [-0.39, 0.29) is 11.9 Å². The molecule has 1 heterocycles. The number of amides is 1. The molecule has 0 radical (unpaired) electrons. The maximum atomic E-state index is 12.8. The van der Waals surface area contributed by atoms with Crippen molar-refractivity contribution in [3.05, 3.63) is 70.8 Å². The topological polar surface area (TPSA) is 32.3 Å². The number of nitrogens with zero attached hydrogens (tertiary/aromatic N) is 1. The molecule has 0 aromatic heterocycles. The van der Waals surface area contributed by atoms with Crippen molar-refractivity contribution in [1.29, 1.82) is 0 Å². The molecule has 3 rings (SSSR count). The van der Waals surface area contributed by atoms with Gasteiger partial charge in [0.15, 0.2) is 0 Å². The van der Waals surface area contributed by atoms with Crippen LogP contribution < -0.4 is 5.32 Å². The quantitative estimate of drug-likeness (QED) is 0.866. The fraction of sp³-hybridized carbons (Fsp3) is 0.348. The van der Waals surface area contributed by atoms with Crippen molar-refractivity contribution in [3.8, 4) is 0 Å². The van der Waals surface area contributed by atoms with E-state index in [0.717, 1.165) is 36.3 Å². The number of aryl methyl sites for hydroxylation is 3. The largest absolute Gasteiger partial charge is 0.324 e. The van der Waals surface area contributed by atoms with Gasteiger partial charge in [0.2, 0.25) is 5.91 Å². The van der Waals surface area contributed by atoms with Gasteiger partial charge in [-0.05, 0) is 56.4 Å². The molecule has 1 N–H and O–H groups in total. The predicted octanol–water partition coefficient (Wildman–Crippen LogP) is 4.73. The molecule has 0 aliphatic carbocycles. The number of carbonyl (C=O) groups excluding carboxylic acids is 1. The van der Waals surface area contributed by atoms with Crippen LogP contribution in [0.1, 0.15) is 35.6 Å². The van der Waals surface area contributed by atoms with E-state index in [2.05, 4.69) is 73.5 Å². The van der Waals surface area contributed by atoms with Crippen LogP contribution in [-0.4, -0.2) is 29.9 Å². The molecule has 0 fully saturated rings. The van der Waals surface area contributed by atoms with Crippen molar-refractivity contribution in [2.75, 3.05) is 18.4 Å². The van der Waals surface area contributed by atoms with Gasteiger partial charge in [0, 0.05) is 18.8 Å². The molecular weight excluding hydrogens is 320 g/mol. The second kappa shape index (κ2) is 7.88. The van der Waals surface area contributed by atoms with Gasteiger partial charge in [0.05, 0.1) is 6.04 Å². The summed E-state index contributed by atoms with van der Waals surface area (Å²) in [6, 6.07) is 14.6. The first-order valence-corrected chi connectivity index (χ1v) is 9.33. The number of rotatable bonds is 4. The Morgan fingerprint density at radius 2 is 1.73 bits per heavy atom. The van der Waals surface area contributed by atoms with E-state index in [1.165, 1.54) is 16.7 Å². The van der Waals surface area contributed by atoms with Gasteiger partial charge in [0.1, 0.15) is 0 Å². The third-order valence-electron chi connectivity index (χ3n) is 5.24. The van der Waals surface area contributed by atoms with Gasteiger partial charge in [0.25, 0.3) is 0 Å². The van der Waals surface area contributed by atoms with Gasteiger partial charge in [-0.15, -0.1) is 0 Å². The maximum Gasteiger partial charge on any atom is 0.241 e. The smallest absolute Gasteiger partial charge is 0.241 e.